The summed E-state index contributed by atoms with van der Waals surface area (Å²) in [5.41, 5.74) is 1.09. The maximum Gasteiger partial charge on any atom is 0.239 e. The van der Waals surface area contributed by atoms with Gasteiger partial charge in [-0.15, -0.1) is 0 Å². The number of ether oxygens (including phenoxy) is 2. The van der Waals surface area contributed by atoms with Crippen molar-refractivity contribution < 1.29 is 14.3 Å². The summed E-state index contributed by atoms with van der Waals surface area (Å²) in [6.45, 7) is 10.0. The SMILES string of the molecule is C=C/C=C(\C)c1cnc(Nc2cc(OCCNC(=O)[C@@H]3COCCN3C)nc(C)n2)s1. The maximum atomic E-state index is 12.3. The second-order valence-electron chi connectivity index (χ2n) is 7.09. The van der Waals surface area contributed by atoms with E-state index in [0.717, 1.165) is 22.1 Å². The summed E-state index contributed by atoms with van der Waals surface area (Å²) in [5, 5.41) is 6.80. The highest BCUT2D eigenvalue weighted by atomic mass is 32.1. The van der Waals surface area contributed by atoms with Gasteiger partial charge in [0.1, 0.15) is 24.3 Å². The molecule has 166 valence electrons. The van der Waals surface area contributed by atoms with E-state index in [-0.39, 0.29) is 11.9 Å². The molecule has 0 saturated carbocycles. The van der Waals surface area contributed by atoms with Crippen LogP contribution in [0.15, 0.2) is 31.0 Å². The topological polar surface area (TPSA) is 102 Å². The van der Waals surface area contributed by atoms with Gasteiger partial charge in [0, 0.05) is 18.8 Å². The van der Waals surface area contributed by atoms with Gasteiger partial charge in [-0.2, -0.15) is 4.98 Å². The molecule has 1 amide bonds. The van der Waals surface area contributed by atoms with Crippen LogP contribution in [-0.2, 0) is 9.53 Å². The van der Waals surface area contributed by atoms with Crippen LogP contribution in [0.4, 0.5) is 10.9 Å². The van der Waals surface area contributed by atoms with Gasteiger partial charge < -0.3 is 20.1 Å². The first-order valence-corrected chi connectivity index (χ1v) is 10.8. The molecule has 10 heteroatoms. The Morgan fingerprint density at radius 1 is 1.48 bits per heavy atom. The van der Waals surface area contributed by atoms with Crippen molar-refractivity contribution >= 4 is 33.8 Å². The molecule has 2 aromatic rings. The zero-order valence-electron chi connectivity index (χ0n) is 18.1. The number of carbonyl (C=O) groups excluding carboxylic acids is 1. The van der Waals surface area contributed by atoms with Crippen LogP contribution < -0.4 is 15.4 Å². The van der Waals surface area contributed by atoms with E-state index in [2.05, 4.69) is 32.2 Å². The maximum absolute atomic E-state index is 12.3. The molecule has 0 bridgehead atoms. The number of hydrogen-bond donors (Lipinski definition) is 2. The fourth-order valence-corrected chi connectivity index (χ4v) is 3.77. The van der Waals surface area contributed by atoms with Crippen LogP contribution in [0.25, 0.3) is 5.57 Å². The third-order valence-corrected chi connectivity index (χ3v) is 5.71. The lowest BCUT2D eigenvalue weighted by Crippen LogP contribution is -2.52. The van der Waals surface area contributed by atoms with E-state index in [1.165, 1.54) is 11.3 Å². The first kappa shape index (κ1) is 22.9. The Kier molecular flexibility index (Phi) is 8.10. The molecular formula is C21H28N6O3S. The number of hydrogen-bond acceptors (Lipinski definition) is 9. The summed E-state index contributed by atoms with van der Waals surface area (Å²) in [6, 6.07) is 1.45. The van der Waals surface area contributed by atoms with E-state index in [1.54, 1.807) is 19.1 Å². The van der Waals surface area contributed by atoms with E-state index >= 15 is 0 Å². The standard InChI is InChI=1S/C21H28N6O3S/c1-5-6-14(2)17-12-23-21(31-17)26-18-11-19(25-15(3)24-18)30-9-7-22-20(28)16-13-29-10-8-27(16)4/h5-6,11-12,16H,1,7-10,13H2,2-4H3,(H,22,28)(H,23,24,25,26)/b14-6+/t16-/m0/s1. The van der Waals surface area contributed by atoms with Crippen molar-refractivity contribution in [1.82, 2.24) is 25.2 Å². The van der Waals surface area contributed by atoms with Crippen molar-refractivity contribution in [3.63, 3.8) is 0 Å². The Labute approximate surface area is 186 Å². The van der Waals surface area contributed by atoms with Crippen molar-refractivity contribution in [1.29, 1.82) is 0 Å². The fourth-order valence-electron chi connectivity index (χ4n) is 2.97. The number of allylic oxidation sites excluding steroid dienone is 3. The normalized spacial score (nSPS) is 17.3. The highest BCUT2D eigenvalue weighted by Crippen LogP contribution is 2.27. The number of aromatic nitrogens is 3. The highest BCUT2D eigenvalue weighted by molar-refractivity contribution is 7.16. The Morgan fingerprint density at radius 2 is 2.32 bits per heavy atom. The summed E-state index contributed by atoms with van der Waals surface area (Å²) < 4.78 is 11.1. The molecule has 1 saturated heterocycles. The number of rotatable bonds is 9. The van der Waals surface area contributed by atoms with Gasteiger partial charge in [-0.05, 0) is 26.5 Å². The summed E-state index contributed by atoms with van der Waals surface area (Å²) in [7, 11) is 1.92. The number of nitrogens with one attached hydrogen (secondary N) is 2. The first-order valence-electron chi connectivity index (χ1n) is 10.0. The summed E-state index contributed by atoms with van der Waals surface area (Å²) in [6.07, 6.45) is 5.50. The highest BCUT2D eigenvalue weighted by Gasteiger charge is 2.26. The van der Waals surface area contributed by atoms with Gasteiger partial charge in [-0.1, -0.05) is 30.1 Å². The lowest BCUT2D eigenvalue weighted by Gasteiger charge is -2.31. The number of aryl methyl sites for hydroxylation is 1. The lowest BCUT2D eigenvalue weighted by atomic mass is 10.2. The van der Waals surface area contributed by atoms with E-state index in [0.29, 0.717) is 43.9 Å². The average Bonchev–Trinajstić information content (AvgIpc) is 3.20. The minimum atomic E-state index is -0.265. The molecule has 0 aromatic carbocycles. The number of morpholine rings is 1. The fraction of sp³-hybridized carbons (Fsp3) is 0.429. The van der Waals surface area contributed by atoms with Crippen LogP contribution in [0, 0.1) is 6.92 Å². The Bertz CT molecular complexity index is 945. The Morgan fingerprint density at radius 3 is 3.10 bits per heavy atom. The largest absolute Gasteiger partial charge is 0.476 e. The third kappa shape index (κ3) is 6.58. The molecule has 9 nitrogen and oxygen atoms in total. The number of nitrogens with zero attached hydrogens (tertiary/aromatic N) is 4. The van der Waals surface area contributed by atoms with Gasteiger partial charge in [0.15, 0.2) is 5.13 Å². The minimum Gasteiger partial charge on any atom is -0.476 e. The summed E-state index contributed by atoms with van der Waals surface area (Å²) in [5.74, 6) is 1.54. The predicted octanol–water partition coefficient (Wildman–Crippen LogP) is 2.40. The van der Waals surface area contributed by atoms with Crippen molar-refractivity contribution in [2.24, 2.45) is 0 Å². The van der Waals surface area contributed by atoms with Gasteiger partial charge in [-0.25, -0.2) is 9.97 Å². The molecule has 2 aromatic heterocycles. The lowest BCUT2D eigenvalue weighted by molar-refractivity contribution is -0.131. The number of anilines is 2. The molecule has 1 aliphatic heterocycles. The van der Waals surface area contributed by atoms with Crippen molar-refractivity contribution in [3.8, 4) is 5.88 Å². The molecule has 3 rings (SSSR count). The average molecular weight is 445 g/mol. The van der Waals surface area contributed by atoms with E-state index in [9.17, 15) is 4.79 Å². The van der Waals surface area contributed by atoms with E-state index in [4.69, 9.17) is 9.47 Å². The smallest absolute Gasteiger partial charge is 0.239 e. The summed E-state index contributed by atoms with van der Waals surface area (Å²) in [4.78, 5) is 28.4. The van der Waals surface area contributed by atoms with Gasteiger partial charge in [0.2, 0.25) is 11.8 Å². The third-order valence-electron chi connectivity index (χ3n) is 4.66. The molecule has 1 aliphatic rings. The predicted molar refractivity (Wildman–Crippen MR) is 122 cm³/mol. The van der Waals surface area contributed by atoms with Crippen LogP contribution in [0.3, 0.4) is 0 Å². The Balaban J connectivity index is 1.52. The molecule has 0 aliphatic carbocycles. The first-order chi connectivity index (χ1) is 15.0. The second-order valence-corrected chi connectivity index (χ2v) is 8.12. The molecule has 3 heterocycles. The summed E-state index contributed by atoms with van der Waals surface area (Å²) >= 11 is 1.52. The number of thiazole rings is 1. The number of likely N-dealkylation sites (N-methyl/N-ethyl adjacent to an activating group) is 1. The van der Waals surface area contributed by atoms with Gasteiger partial charge in [-0.3, -0.25) is 9.69 Å². The molecule has 2 N–H and O–H groups in total. The van der Waals surface area contributed by atoms with E-state index < -0.39 is 0 Å². The van der Waals surface area contributed by atoms with Crippen molar-refractivity contribution in [2.45, 2.75) is 19.9 Å². The van der Waals surface area contributed by atoms with Gasteiger partial charge >= 0.3 is 0 Å². The molecule has 0 spiro atoms. The van der Waals surface area contributed by atoms with Crippen LogP contribution in [-0.4, -0.2) is 71.8 Å². The zero-order chi connectivity index (χ0) is 22.2. The molecule has 1 atom stereocenters. The molecule has 31 heavy (non-hydrogen) atoms. The van der Waals surface area contributed by atoms with Crippen molar-refractivity contribution in [2.75, 3.05) is 45.3 Å². The number of carbonyl (C=O) groups is 1. The zero-order valence-corrected chi connectivity index (χ0v) is 18.9. The van der Waals surface area contributed by atoms with Crippen LogP contribution in [0.5, 0.6) is 5.88 Å². The van der Waals surface area contributed by atoms with Gasteiger partial charge in [0.05, 0.1) is 24.6 Å². The molecule has 0 unspecified atom stereocenters. The van der Waals surface area contributed by atoms with Crippen LogP contribution >= 0.6 is 11.3 Å². The van der Waals surface area contributed by atoms with Crippen molar-refractivity contribution in [3.05, 3.63) is 41.7 Å². The molecule has 0 radical (unpaired) electrons. The number of amides is 1. The monoisotopic (exact) mass is 444 g/mol. The Hall–Kier alpha value is -2.82. The van der Waals surface area contributed by atoms with E-state index in [1.807, 2.05) is 31.1 Å². The quantitative estimate of drug-likeness (QED) is 0.449. The van der Waals surface area contributed by atoms with Crippen LogP contribution in [0.1, 0.15) is 17.6 Å². The van der Waals surface area contributed by atoms with Crippen LogP contribution in [0.2, 0.25) is 0 Å². The van der Waals surface area contributed by atoms with Gasteiger partial charge in [0.25, 0.3) is 0 Å². The molecule has 1 fully saturated rings. The minimum absolute atomic E-state index is 0.0626. The molecular weight excluding hydrogens is 416 g/mol. The second kappa shape index (κ2) is 11.0.